The van der Waals surface area contributed by atoms with Gasteiger partial charge in [0.15, 0.2) is 0 Å². The molecule has 0 aromatic heterocycles. The van der Waals surface area contributed by atoms with Crippen molar-refractivity contribution in [3.8, 4) is 0 Å². The van der Waals surface area contributed by atoms with Gasteiger partial charge in [0.25, 0.3) is 5.91 Å². The van der Waals surface area contributed by atoms with Gasteiger partial charge in [0.2, 0.25) is 0 Å². The van der Waals surface area contributed by atoms with Gasteiger partial charge in [-0.1, -0.05) is 18.2 Å². The molecule has 1 aromatic rings. The largest absolute Gasteiger partial charge is 0.322 e. The van der Waals surface area contributed by atoms with Gasteiger partial charge in [0.1, 0.15) is 6.04 Å². The van der Waals surface area contributed by atoms with E-state index in [0.29, 0.717) is 5.01 Å². The van der Waals surface area contributed by atoms with Crippen molar-refractivity contribution in [2.75, 3.05) is 0 Å². The molecule has 0 saturated carbocycles. The highest BCUT2D eigenvalue weighted by Crippen LogP contribution is 2.28. The fraction of sp³-hybridized carbons (Fsp3) is 0.300. The second-order valence-corrected chi connectivity index (χ2v) is 4.35. The summed E-state index contributed by atoms with van der Waals surface area (Å²) in [6.07, 6.45) is 0. The highest BCUT2D eigenvalue weighted by molar-refractivity contribution is 9.10. The minimum Gasteiger partial charge on any atom is -0.268 e. The average molecular weight is 293 g/mol. The summed E-state index contributed by atoms with van der Waals surface area (Å²) in [5.74, 6) is 4.71. The van der Waals surface area contributed by atoms with Crippen molar-refractivity contribution < 1.29 is 13.6 Å². The number of amides is 1. The van der Waals surface area contributed by atoms with Crippen LogP contribution in [0.4, 0.5) is 8.78 Å². The van der Waals surface area contributed by atoms with Gasteiger partial charge in [-0.3, -0.25) is 9.80 Å². The van der Waals surface area contributed by atoms with Crippen LogP contribution in [0.1, 0.15) is 17.3 Å². The third-order valence-electron chi connectivity index (χ3n) is 2.15. The van der Waals surface area contributed by atoms with Crippen molar-refractivity contribution in [1.82, 2.24) is 5.01 Å². The van der Waals surface area contributed by atoms with E-state index in [1.54, 1.807) is 18.2 Å². The zero-order valence-corrected chi connectivity index (χ0v) is 10.1. The molecule has 0 radical (unpaired) electrons. The Labute approximate surface area is 100 Å². The van der Waals surface area contributed by atoms with Gasteiger partial charge in [-0.05, 0) is 35.0 Å². The van der Waals surface area contributed by atoms with Gasteiger partial charge in [-0.2, -0.15) is 8.78 Å². The molecule has 0 aliphatic carbocycles. The van der Waals surface area contributed by atoms with E-state index in [1.165, 1.54) is 12.1 Å². The maximum absolute atomic E-state index is 12.9. The molecular formula is C10H11BrF2N2O. The smallest absolute Gasteiger partial charge is 0.268 e. The van der Waals surface area contributed by atoms with Crippen LogP contribution in [0.2, 0.25) is 0 Å². The number of hydrazine groups is 1. The first kappa shape index (κ1) is 13.1. The Morgan fingerprint density at radius 3 is 2.38 bits per heavy atom. The quantitative estimate of drug-likeness (QED) is 0.402. The summed E-state index contributed by atoms with van der Waals surface area (Å²) in [5, 5.41) is 0.518. The molecule has 1 amide bonds. The lowest BCUT2D eigenvalue weighted by Crippen LogP contribution is -2.50. The number of benzene rings is 1. The van der Waals surface area contributed by atoms with Crippen molar-refractivity contribution in [2.24, 2.45) is 5.84 Å². The Balaban J connectivity index is 2.84. The molecule has 0 aliphatic rings. The van der Waals surface area contributed by atoms with Crippen LogP contribution in [0, 0.1) is 0 Å². The molecule has 0 heterocycles. The first-order valence-corrected chi connectivity index (χ1v) is 5.33. The number of carbonyl (C=O) groups excluding carboxylic acids is 1. The number of hydrogen-bond acceptors (Lipinski definition) is 2. The third kappa shape index (κ3) is 2.99. The zero-order valence-electron chi connectivity index (χ0n) is 8.53. The van der Waals surface area contributed by atoms with Crippen molar-refractivity contribution >= 4 is 21.8 Å². The first-order valence-electron chi connectivity index (χ1n) is 4.54. The molecule has 2 N–H and O–H groups in total. The minimum absolute atomic E-state index is 0.272. The molecule has 0 fully saturated rings. The number of carbonyl (C=O) groups is 1. The Kier molecular flexibility index (Phi) is 3.98. The van der Waals surface area contributed by atoms with E-state index in [-0.39, 0.29) is 5.56 Å². The standard InChI is InChI=1S/C10H11BrF2N2O/c1-7(10(11,12)13)15(14)9(16)8-5-3-2-4-6-8/h2-7H,14H2,1H3. The lowest BCUT2D eigenvalue weighted by molar-refractivity contribution is 0.0105. The number of nitrogens with zero attached hydrogens (tertiary/aromatic N) is 1. The number of nitrogens with two attached hydrogens (primary N) is 1. The Morgan fingerprint density at radius 1 is 1.44 bits per heavy atom. The van der Waals surface area contributed by atoms with E-state index in [1.807, 2.05) is 0 Å². The molecular weight excluding hydrogens is 282 g/mol. The van der Waals surface area contributed by atoms with Crippen molar-refractivity contribution in [3.63, 3.8) is 0 Å². The van der Waals surface area contributed by atoms with Crippen molar-refractivity contribution in [1.29, 1.82) is 0 Å². The summed E-state index contributed by atoms with van der Waals surface area (Å²) in [7, 11) is 0. The number of hydrogen-bond donors (Lipinski definition) is 1. The summed E-state index contributed by atoms with van der Waals surface area (Å²) in [6.45, 7) is 1.16. The van der Waals surface area contributed by atoms with Gasteiger partial charge < -0.3 is 0 Å². The maximum atomic E-state index is 12.9. The normalized spacial score (nSPS) is 13.3. The molecule has 0 spiro atoms. The topological polar surface area (TPSA) is 46.3 Å². The SMILES string of the molecule is CC(N(N)C(=O)c1ccccc1)C(F)(F)Br. The summed E-state index contributed by atoms with van der Waals surface area (Å²) >= 11 is 2.18. The summed E-state index contributed by atoms with van der Waals surface area (Å²) in [4.78, 5) is 8.46. The van der Waals surface area contributed by atoms with Crippen molar-refractivity contribution in [2.45, 2.75) is 17.8 Å². The van der Waals surface area contributed by atoms with Gasteiger partial charge in [-0.15, -0.1) is 0 Å². The summed E-state index contributed by atoms with van der Waals surface area (Å²) in [6, 6.07) is 6.60. The maximum Gasteiger partial charge on any atom is 0.322 e. The Bertz CT molecular complexity index is 367. The van der Waals surface area contributed by atoms with Crippen LogP contribution >= 0.6 is 15.9 Å². The van der Waals surface area contributed by atoms with Gasteiger partial charge >= 0.3 is 4.83 Å². The van der Waals surface area contributed by atoms with E-state index in [9.17, 15) is 13.6 Å². The second-order valence-electron chi connectivity index (χ2n) is 3.30. The van der Waals surface area contributed by atoms with E-state index in [4.69, 9.17) is 5.84 Å². The van der Waals surface area contributed by atoms with Crippen LogP contribution < -0.4 is 5.84 Å². The fourth-order valence-corrected chi connectivity index (χ4v) is 1.28. The van der Waals surface area contributed by atoms with Crippen LogP contribution in [0.3, 0.4) is 0 Å². The summed E-state index contributed by atoms with van der Waals surface area (Å²) in [5.41, 5.74) is 0.272. The molecule has 1 rings (SSSR count). The molecule has 6 heteroatoms. The Hall–Kier alpha value is -1.01. The molecule has 88 valence electrons. The monoisotopic (exact) mass is 292 g/mol. The molecule has 16 heavy (non-hydrogen) atoms. The molecule has 0 saturated heterocycles. The lowest BCUT2D eigenvalue weighted by Gasteiger charge is -2.27. The van der Waals surface area contributed by atoms with E-state index in [2.05, 4.69) is 15.9 Å². The van der Waals surface area contributed by atoms with Crippen LogP contribution in [-0.4, -0.2) is 21.8 Å². The average Bonchev–Trinajstić information content (AvgIpc) is 2.26. The molecule has 1 aromatic carbocycles. The van der Waals surface area contributed by atoms with Gasteiger partial charge in [0, 0.05) is 5.56 Å². The highest BCUT2D eigenvalue weighted by atomic mass is 79.9. The molecule has 3 nitrogen and oxygen atoms in total. The first-order chi connectivity index (χ1) is 7.34. The van der Waals surface area contributed by atoms with Gasteiger partial charge in [0.05, 0.1) is 0 Å². The Morgan fingerprint density at radius 2 is 1.94 bits per heavy atom. The van der Waals surface area contributed by atoms with Crippen LogP contribution in [0.25, 0.3) is 0 Å². The third-order valence-corrected chi connectivity index (χ3v) is 2.81. The minimum atomic E-state index is -3.22. The van der Waals surface area contributed by atoms with Crippen LogP contribution in [0.15, 0.2) is 30.3 Å². The summed E-state index contributed by atoms with van der Waals surface area (Å²) < 4.78 is 25.8. The lowest BCUT2D eigenvalue weighted by atomic mass is 10.2. The van der Waals surface area contributed by atoms with Crippen LogP contribution in [-0.2, 0) is 0 Å². The second kappa shape index (κ2) is 4.88. The van der Waals surface area contributed by atoms with E-state index >= 15 is 0 Å². The molecule has 1 atom stereocenters. The van der Waals surface area contributed by atoms with E-state index in [0.717, 1.165) is 6.92 Å². The predicted octanol–water partition coefficient (Wildman–Crippen LogP) is 2.38. The number of rotatable bonds is 3. The highest BCUT2D eigenvalue weighted by Gasteiger charge is 2.38. The van der Waals surface area contributed by atoms with Gasteiger partial charge in [-0.25, -0.2) is 5.84 Å². The van der Waals surface area contributed by atoms with E-state index < -0.39 is 16.8 Å². The predicted molar refractivity (Wildman–Crippen MR) is 60.1 cm³/mol. The zero-order chi connectivity index (χ0) is 12.3. The molecule has 0 bridgehead atoms. The fourth-order valence-electron chi connectivity index (χ4n) is 1.06. The molecule has 0 aliphatic heterocycles. The van der Waals surface area contributed by atoms with Crippen molar-refractivity contribution in [3.05, 3.63) is 35.9 Å². The number of halogens is 3. The molecule has 1 unspecified atom stereocenters. The number of alkyl halides is 3. The van der Waals surface area contributed by atoms with Crippen LogP contribution in [0.5, 0.6) is 0 Å².